The van der Waals surface area contributed by atoms with Crippen LogP contribution >= 0.6 is 11.3 Å². The highest BCUT2D eigenvalue weighted by Gasteiger charge is 2.36. The molecule has 1 atom stereocenters. The highest BCUT2D eigenvalue weighted by Crippen LogP contribution is 2.42. The standard InChI is InChI=1S/C25H25N3O6S/c1-31-20-10-17(11-21(32-2)23(20)33-3)28-12-16(9-22(28)29)24(30)27-25-26-18(13-35-25)14-4-5-19-15(8-14)6-7-34-19/h4-5,8,10-11,13,16H,6-7,9,12H2,1-3H3,(H,26,27,30). The highest BCUT2D eigenvalue weighted by atomic mass is 32.1. The molecule has 2 aromatic carbocycles. The second-order valence-electron chi connectivity index (χ2n) is 8.24. The number of rotatable bonds is 7. The van der Waals surface area contributed by atoms with Gasteiger partial charge in [-0.3, -0.25) is 9.59 Å². The van der Waals surface area contributed by atoms with Crippen LogP contribution in [0.1, 0.15) is 12.0 Å². The van der Waals surface area contributed by atoms with Crippen LogP contribution in [-0.2, 0) is 16.0 Å². The molecule has 0 aliphatic carbocycles. The number of amides is 2. The van der Waals surface area contributed by atoms with Gasteiger partial charge in [-0.1, -0.05) is 0 Å². The van der Waals surface area contributed by atoms with E-state index in [0.29, 0.717) is 34.7 Å². The lowest BCUT2D eigenvalue weighted by Crippen LogP contribution is -2.28. The predicted molar refractivity (Wildman–Crippen MR) is 132 cm³/mol. The summed E-state index contributed by atoms with van der Waals surface area (Å²) >= 11 is 1.36. The first-order chi connectivity index (χ1) is 17.0. The van der Waals surface area contributed by atoms with Crippen molar-refractivity contribution < 1.29 is 28.5 Å². The molecule has 1 saturated heterocycles. The highest BCUT2D eigenvalue weighted by molar-refractivity contribution is 7.14. The number of methoxy groups -OCH3 is 3. The number of benzene rings is 2. The van der Waals surface area contributed by atoms with Crippen molar-refractivity contribution in [3.05, 3.63) is 41.3 Å². The normalized spacial score (nSPS) is 16.6. The largest absolute Gasteiger partial charge is 0.493 e. The summed E-state index contributed by atoms with van der Waals surface area (Å²) in [7, 11) is 4.55. The first-order valence-electron chi connectivity index (χ1n) is 11.1. The summed E-state index contributed by atoms with van der Waals surface area (Å²) in [6.07, 6.45) is 0.987. The van der Waals surface area contributed by atoms with Gasteiger partial charge >= 0.3 is 0 Å². The maximum absolute atomic E-state index is 13.0. The van der Waals surface area contributed by atoms with Gasteiger partial charge in [0.15, 0.2) is 16.6 Å². The Morgan fingerprint density at radius 1 is 1.14 bits per heavy atom. The number of hydrogen-bond donors (Lipinski definition) is 1. The predicted octanol–water partition coefficient (Wildman–Crippen LogP) is 3.76. The molecule has 0 saturated carbocycles. The molecule has 10 heteroatoms. The quantitative estimate of drug-likeness (QED) is 0.533. The van der Waals surface area contributed by atoms with Gasteiger partial charge in [0.2, 0.25) is 17.6 Å². The number of carbonyl (C=O) groups is 2. The SMILES string of the molecule is COc1cc(N2CC(C(=O)Nc3nc(-c4ccc5c(c4)CCO5)cs3)CC2=O)cc(OC)c1OC. The Hall–Kier alpha value is -3.79. The zero-order valence-corrected chi connectivity index (χ0v) is 20.4. The summed E-state index contributed by atoms with van der Waals surface area (Å²) in [4.78, 5) is 31.9. The molecule has 35 heavy (non-hydrogen) atoms. The zero-order chi connectivity index (χ0) is 24.5. The third-order valence-corrected chi connectivity index (χ3v) is 6.93. The molecule has 1 aromatic heterocycles. The Kier molecular flexibility index (Phi) is 6.21. The van der Waals surface area contributed by atoms with Crippen molar-refractivity contribution >= 4 is 34.0 Å². The average molecular weight is 496 g/mol. The topological polar surface area (TPSA) is 99.2 Å². The number of hydrogen-bond acceptors (Lipinski definition) is 8. The maximum atomic E-state index is 13.0. The molecule has 3 heterocycles. The van der Waals surface area contributed by atoms with Gasteiger partial charge in [-0.2, -0.15) is 0 Å². The number of carbonyl (C=O) groups excluding carboxylic acids is 2. The third-order valence-electron chi connectivity index (χ3n) is 6.18. The maximum Gasteiger partial charge on any atom is 0.231 e. The number of nitrogens with zero attached hydrogens (tertiary/aromatic N) is 2. The van der Waals surface area contributed by atoms with Gasteiger partial charge in [-0.05, 0) is 23.8 Å². The van der Waals surface area contributed by atoms with E-state index in [-0.39, 0.29) is 24.8 Å². The van der Waals surface area contributed by atoms with Gasteiger partial charge < -0.3 is 29.2 Å². The monoisotopic (exact) mass is 495 g/mol. The van der Waals surface area contributed by atoms with Crippen LogP contribution in [0, 0.1) is 5.92 Å². The van der Waals surface area contributed by atoms with Crippen LogP contribution in [0.4, 0.5) is 10.8 Å². The molecule has 1 N–H and O–H groups in total. The number of ether oxygens (including phenoxy) is 4. The van der Waals surface area contributed by atoms with E-state index in [4.69, 9.17) is 18.9 Å². The van der Waals surface area contributed by atoms with Crippen molar-refractivity contribution in [3.63, 3.8) is 0 Å². The van der Waals surface area contributed by atoms with Crippen molar-refractivity contribution in [2.75, 3.05) is 44.7 Å². The van der Waals surface area contributed by atoms with Gasteiger partial charge in [-0.15, -0.1) is 11.3 Å². The van der Waals surface area contributed by atoms with Crippen LogP contribution in [0.2, 0.25) is 0 Å². The lowest BCUT2D eigenvalue weighted by molar-refractivity contribution is -0.122. The number of thiazole rings is 1. The van der Waals surface area contributed by atoms with E-state index >= 15 is 0 Å². The summed E-state index contributed by atoms with van der Waals surface area (Å²) < 4.78 is 21.7. The Balaban J connectivity index is 1.29. The molecular weight excluding hydrogens is 470 g/mol. The minimum absolute atomic E-state index is 0.103. The van der Waals surface area contributed by atoms with Gasteiger partial charge in [0.05, 0.1) is 45.2 Å². The fourth-order valence-electron chi connectivity index (χ4n) is 4.37. The second kappa shape index (κ2) is 9.46. The number of anilines is 2. The molecule has 2 amide bonds. The smallest absolute Gasteiger partial charge is 0.231 e. The molecule has 3 aromatic rings. The number of aromatic nitrogens is 1. The lowest BCUT2D eigenvalue weighted by Gasteiger charge is -2.20. The first-order valence-corrected chi connectivity index (χ1v) is 12.0. The third kappa shape index (κ3) is 4.37. The van der Waals surface area contributed by atoms with Gasteiger partial charge in [0.25, 0.3) is 0 Å². The minimum atomic E-state index is -0.508. The fourth-order valence-corrected chi connectivity index (χ4v) is 5.10. The summed E-state index contributed by atoms with van der Waals surface area (Å²) in [6.45, 7) is 0.941. The average Bonchev–Trinajstić information content (AvgIpc) is 3.62. The molecule has 2 aliphatic heterocycles. The first kappa shape index (κ1) is 23.0. The molecule has 0 spiro atoms. The Labute approximate surface area is 206 Å². The van der Waals surface area contributed by atoms with Crippen molar-refractivity contribution in [2.45, 2.75) is 12.8 Å². The van der Waals surface area contributed by atoms with Crippen LogP contribution in [0.25, 0.3) is 11.3 Å². The van der Waals surface area contributed by atoms with Crippen LogP contribution in [0.15, 0.2) is 35.7 Å². The van der Waals surface area contributed by atoms with Gasteiger partial charge in [0.1, 0.15) is 5.75 Å². The van der Waals surface area contributed by atoms with E-state index in [2.05, 4.69) is 16.4 Å². The molecule has 9 nitrogen and oxygen atoms in total. The van der Waals surface area contributed by atoms with E-state index in [1.165, 1.54) is 32.7 Å². The molecular formula is C25H25N3O6S. The fraction of sp³-hybridized carbons (Fsp3) is 0.320. The molecule has 1 unspecified atom stereocenters. The Bertz CT molecular complexity index is 1260. The van der Waals surface area contributed by atoms with E-state index < -0.39 is 5.92 Å². The molecule has 5 rings (SSSR count). The molecule has 182 valence electrons. The van der Waals surface area contributed by atoms with Crippen molar-refractivity contribution in [2.24, 2.45) is 5.92 Å². The summed E-state index contributed by atoms with van der Waals surface area (Å²) in [5, 5.41) is 5.29. The Morgan fingerprint density at radius 2 is 1.91 bits per heavy atom. The van der Waals surface area contributed by atoms with Crippen molar-refractivity contribution in [1.29, 1.82) is 0 Å². The lowest BCUT2D eigenvalue weighted by atomic mass is 10.1. The van der Waals surface area contributed by atoms with Gasteiger partial charge in [0, 0.05) is 42.5 Å². The zero-order valence-electron chi connectivity index (χ0n) is 19.6. The van der Waals surface area contributed by atoms with Crippen molar-refractivity contribution in [1.82, 2.24) is 4.98 Å². The van der Waals surface area contributed by atoms with E-state index in [9.17, 15) is 9.59 Å². The van der Waals surface area contributed by atoms with Crippen LogP contribution in [0.3, 0.4) is 0 Å². The van der Waals surface area contributed by atoms with Crippen LogP contribution < -0.4 is 29.2 Å². The molecule has 0 bridgehead atoms. The van der Waals surface area contributed by atoms with Crippen LogP contribution in [-0.4, -0.2) is 51.3 Å². The van der Waals surface area contributed by atoms with Gasteiger partial charge in [-0.25, -0.2) is 4.98 Å². The molecule has 2 aliphatic rings. The number of fused-ring (bicyclic) bond motifs is 1. The summed E-state index contributed by atoms with van der Waals surface area (Å²) in [5.41, 5.74) is 3.52. The van der Waals surface area contributed by atoms with E-state index in [0.717, 1.165) is 29.0 Å². The number of nitrogens with one attached hydrogen (secondary N) is 1. The van der Waals surface area contributed by atoms with Crippen molar-refractivity contribution in [3.8, 4) is 34.3 Å². The van der Waals surface area contributed by atoms with E-state index in [1.807, 2.05) is 17.5 Å². The minimum Gasteiger partial charge on any atom is -0.493 e. The second-order valence-corrected chi connectivity index (χ2v) is 9.10. The summed E-state index contributed by atoms with van der Waals surface area (Å²) in [5.74, 6) is 1.34. The van der Waals surface area contributed by atoms with Crippen LogP contribution in [0.5, 0.6) is 23.0 Å². The summed E-state index contributed by atoms with van der Waals surface area (Å²) in [6, 6.07) is 9.41. The Morgan fingerprint density at radius 3 is 2.63 bits per heavy atom. The molecule has 0 radical (unpaired) electrons. The molecule has 1 fully saturated rings. The van der Waals surface area contributed by atoms with E-state index in [1.54, 1.807) is 17.0 Å².